The van der Waals surface area contributed by atoms with Crippen molar-refractivity contribution in [2.24, 2.45) is 0 Å². The first-order valence-electron chi connectivity index (χ1n) is 14.1. The molecule has 6 rings (SSSR count). The summed E-state index contributed by atoms with van der Waals surface area (Å²) in [5.41, 5.74) is 5.97. The van der Waals surface area contributed by atoms with Crippen molar-refractivity contribution in [3.8, 4) is 22.5 Å². The van der Waals surface area contributed by atoms with Gasteiger partial charge in [0.1, 0.15) is 17.6 Å². The van der Waals surface area contributed by atoms with E-state index in [1.54, 1.807) is 30.3 Å². The fourth-order valence-electron chi connectivity index (χ4n) is 5.32. The van der Waals surface area contributed by atoms with Crippen molar-refractivity contribution in [3.63, 3.8) is 0 Å². The third-order valence-corrected chi connectivity index (χ3v) is 7.79. The van der Waals surface area contributed by atoms with Crippen LogP contribution in [0, 0.1) is 0 Å². The number of hydrogen-bond donors (Lipinski definition) is 2. The van der Waals surface area contributed by atoms with Crippen molar-refractivity contribution >= 4 is 35.0 Å². The molecule has 0 fully saturated rings. The Kier molecular flexibility index (Phi) is 8.16. The van der Waals surface area contributed by atoms with Gasteiger partial charge in [0.15, 0.2) is 5.82 Å². The highest BCUT2D eigenvalue weighted by atomic mass is 35.5. The van der Waals surface area contributed by atoms with Crippen LogP contribution in [0.15, 0.2) is 109 Å². The zero-order valence-corrected chi connectivity index (χ0v) is 24.0. The van der Waals surface area contributed by atoms with E-state index in [0.717, 1.165) is 47.3 Å². The number of aliphatic carboxylic acids is 1. The van der Waals surface area contributed by atoms with Gasteiger partial charge < -0.3 is 15.3 Å². The molecule has 0 aliphatic carbocycles. The maximum atomic E-state index is 13.6. The Hall–Kier alpha value is -5.01. The maximum Gasteiger partial charge on any atom is 0.326 e. The van der Waals surface area contributed by atoms with Crippen LogP contribution in [0.5, 0.6) is 0 Å². The van der Waals surface area contributed by atoms with Gasteiger partial charge in [0.2, 0.25) is 0 Å². The minimum atomic E-state index is -1.16. The van der Waals surface area contributed by atoms with Crippen LogP contribution >= 0.6 is 11.6 Å². The molecule has 1 atom stereocenters. The summed E-state index contributed by atoms with van der Waals surface area (Å²) in [6, 6.07) is 33.5. The number of carboxylic acids is 1. The minimum Gasteiger partial charge on any atom is -0.480 e. The first kappa shape index (κ1) is 28.1. The summed E-state index contributed by atoms with van der Waals surface area (Å²) in [4.78, 5) is 37.4. The van der Waals surface area contributed by atoms with Gasteiger partial charge in [0, 0.05) is 35.3 Å². The summed E-state index contributed by atoms with van der Waals surface area (Å²) >= 11 is 5.99. The van der Waals surface area contributed by atoms with Crippen molar-refractivity contribution in [2.75, 3.05) is 11.4 Å². The molecule has 1 aromatic heterocycles. The third kappa shape index (κ3) is 6.42. The second-order valence-electron chi connectivity index (χ2n) is 10.5. The average molecular weight is 589 g/mol. The van der Waals surface area contributed by atoms with E-state index >= 15 is 0 Å². The Bertz CT molecular complexity index is 1760. The average Bonchev–Trinajstić information content (AvgIpc) is 3.05. The number of anilines is 2. The summed E-state index contributed by atoms with van der Waals surface area (Å²) < 4.78 is 0. The molecule has 5 aromatic rings. The highest BCUT2D eigenvalue weighted by molar-refractivity contribution is 6.30. The second kappa shape index (κ2) is 12.5. The monoisotopic (exact) mass is 588 g/mol. The number of fused-ring (bicyclic) bond motifs is 1. The summed E-state index contributed by atoms with van der Waals surface area (Å²) in [6.45, 7) is 0.732. The van der Waals surface area contributed by atoms with Gasteiger partial charge in [0.05, 0.1) is 0 Å². The Morgan fingerprint density at radius 1 is 0.837 bits per heavy atom. The summed E-state index contributed by atoms with van der Waals surface area (Å²) in [7, 11) is 0. The van der Waals surface area contributed by atoms with Gasteiger partial charge in [-0.3, -0.25) is 4.79 Å². The second-order valence-corrected chi connectivity index (χ2v) is 10.9. The van der Waals surface area contributed by atoms with E-state index in [1.807, 2.05) is 66.7 Å². The molecule has 0 radical (unpaired) electrons. The molecular weight excluding hydrogens is 560 g/mol. The van der Waals surface area contributed by atoms with E-state index in [0.29, 0.717) is 16.7 Å². The van der Waals surface area contributed by atoms with Crippen molar-refractivity contribution in [2.45, 2.75) is 25.3 Å². The van der Waals surface area contributed by atoms with Crippen LogP contribution < -0.4 is 10.2 Å². The molecule has 214 valence electrons. The first-order valence-corrected chi connectivity index (χ1v) is 14.5. The molecule has 0 bridgehead atoms. The minimum absolute atomic E-state index is 0.0950. The predicted octanol–water partition coefficient (Wildman–Crippen LogP) is 6.97. The summed E-state index contributed by atoms with van der Waals surface area (Å²) in [5, 5.41) is 13.2. The van der Waals surface area contributed by atoms with Crippen LogP contribution in [0.3, 0.4) is 0 Å². The quantitative estimate of drug-likeness (QED) is 0.203. The molecule has 0 saturated heterocycles. The lowest BCUT2D eigenvalue weighted by atomic mass is 10.0. The van der Waals surface area contributed by atoms with Crippen LogP contribution in [0.2, 0.25) is 5.02 Å². The number of benzene rings is 4. The Balaban J connectivity index is 1.36. The number of halogens is 1. The van der Waals surface area contributed by atoms with E-state index in [9.17, 15) is 14.7 Å². The number of amides is 1. The maximum absolute atomic E-state index is 13.6. The fourth-order valence-corrected chi connectivity index (χ4v) is 5.45. The lowest BCUT2D eigenvalue weighted by Crippen LogP contribution is -2.42. The fraction of sp³-hybridized carbons (Fsp3) is 0.143. The topological polar surface area (TPSA) is 95.4 Å². The van der Waals surface area contributed by atoms with Crippen molar-refractivity contribution in [1.82, 2.24) is 15.3 Å². The number of nitrogens with zero attached hydrogens (tertiary/aromatic N) is 3. The van der Waals surface area contributed by atoms with Crippen molar-refractivity contribution in [1.29, 1.82) is 0 Å². The van der Waals surface area contributed by atoms with E-state index in [4.69, 9.17) is 16.6 Å². The number of aryl methyl sites for hydroxylation is 1. The summed E-state index contributed by atoms with van der Waals surface area (Å²) in [6.07, 6.45) is 2.00. The lowest BCUT2D eigenvalue weighted by molar-refractivity contribution is -0.139. The van der Waals surface area contributed by atoms with Gasteiger partial charge in [-0.05, 0) is 53.3 Å². The largest absolute Gasteiger partial charge is 0.480 e. The molecule has 2 heterocycles. The highest BCUT2D eigenvalue weighted by Crippen LogP contribution is 2.34. The molecule has 2 N–H and O–H groups in total. The number of carbonyl (C=O) groups is 2. The van der Waals surface area contributed by atoms with E-state index in [-0.39, 0.29) is 12.1 Å². The number of para-hydroxylation sites is 1. The molecule has 4 aromatic carbocycles. The normalized spacial score (nSPS) is 13.2. The SMILES string of the molecule is O=C(N[C@H](Cc1ccc(Cl)cc1)C(=O)O)c1cc(N2CCCc3ccccc32)nc(-c2ccc(-c3ccccc3)cc2)n1. The zero-order valence-electron chi connectivity index (χ0n) is 23.3. The van der Waals surface area contributed by atoms with Gasteiger partial charge in [0.25, 0.3) is 5.91 Å². The van der Waals surface area contributed by atoms with Crippen LogP contribution in [-0.2, 0) is 17.6 Å². The summed E-state index contributed by atoms with van der Waals surface area (Å²) in [5.74, 6) is -0.759. The van der Waals surface area contributed by atoms with Gasteiger partial charge in [-0.1, -0.05) is 96.5 Å². The molecule has 1 amide bonds. The van der Waals surface area contributed by atoms with Crippen molar-refractivity contribution in [3.05, 3.63) is 131 Å². The Morgan fingerprint density at radius 2 is 1.51 bits per heavy atom. The van der Waals surface area contributed by atoms with Gasteiger partial charge in [-0.15, -0.1) is 0 Å². The molecule has 8 heteroatoms. The van der Waals surface area contributed by atoms with E-state index in [2.05, 4.69) is 27.3 Å². The van der Waals surface area contributed by atoms with Gasteiger partial charge in [-0.25, -0.2) is 14.8 Å². The molecule has 0 saturated carbocycles. The number of carboxylic acid groups (broad SMARTS) is 1. The molecule has 1 aliphatic heterocycles. The van der Waals surface area contributed by atoms with Crippen LogP contribution in [0.1, 0.15) is 28.0 Å². The van der Waals surface area contributed by atoms with Crippen LogP contribution in [0.25, 0.3) is 22.5 Å². The lowest BCUT2D eigenvalue weighted by Gasteiger charge is -2.30. The van der Waals surface area contributed by atoms with Gasteiger partial charge in [-0.2, -0.15) is 0 Å². The molecule has 0 spiro atoms. The Labute approximate surface area is 254 Å². The number of hydrogen-bond acceptors (Lipinski definition) is 5. The van der Waals surface area contributed by atoms with E-state index < -0.39 is 17.9 Å². The van der Waals surface area contributed by atoms with Gasteiger partial charge >= 0.3 is 5.97 Å². The highest BCUT2D eigenvalue weighted by Gasteiger charge is 2.25. The molecule has 1 aliphatic rings. The third-order valence-electron chi connectivity index (χ3n) is 7.54. The molecule has 43 heavy (non-hydrogen) atoms. The zero-order chi connectivity index (χ0) is 29.8. The number of rotatable bonds is 8. The number of carbonyl (C=O) groups excluding carboxylic acids is 1. The Morgan fingerprint density at radius 3 is 2.26 bits per heavy atom. The van der Waals surface area contributed by atoms with Crippen LogP contribution in [0.4, 0.5) is 11.5 Å². The number of aromatic nitrogens is 2. The predicted molar refractivity (Wildman–Crippen MR) is 169 cm³/mol. The number of nitrogens with one attached hydrogen (secondary N) is 1. The standard InChI is InChI=1S/C35H29ClN4O3/c36-28-18-12-23(13-19-28)21-30(35(42)43)38-34(41)29-22-32(40-20-6-10-26-9-4-5-11-31(26)40)39-33(37-29)27-16-14-25(15-17-27)24-7-2-1-3-8-24/h1-5,7-9,11-19,22,30H,6,10,20-21H2,(H,38,41)(H,42,43)/t30-/m1/s1. The van der Waals surface area contributed by atoms with Crippen molar-refractivity contribution < 1.29 is 14.7 Å². The smallest absolute Gasteiger partial charge is 0.326 e. The van der Waals surface area contributed by atoms with E-state index in [1.165, 1.54) is 5.56 Å². The molecule has 0 unspecified atom stereocenters. The van der Waals surface area contributed by atoms with Crippen LogP contribution in [-0.4, -0.2) is 39.5 Å². The molecule has 7 nitrogen and oxygen atoms in total. The molecular formula is C35H29ClN4O3. The first-order chi connectivity index (χ1) is 20.9.